The smallest absolute Gasteiger partial charge is 0.262 e. The number of nitriles is 1. The summed E-state index contributed by atoms with van der Waals surface area (Å²) in [6.07, 6.45) is 4.81. The van der Waals surface area contributed by atoms with Gasteiger partial charge in [-0.15, -0.1) is 0 Å². The van der Waals surface area contributed by atoms with Gasteiger partial charge in [-0.05, 0) is 56.7 Å². The lowest BCUT2D eigenvalue weighted by Gasteiger charge is -2.27. The van der Waals surface area contributed by atoms with Crippen LogP contribution < -0.4 is 16.0 Å². The normalized spacial score (nSPS) is 18.2. The number of alkyl halides is 1. The van der Waals surface area contributed by atoms with Gasteiger partial charge in [0.25, 0.3) is 17.7 Å². The van der Waals surface area contributed by atoms with Crippen molar-refractivity contribution in [3.63, 3.8) is 0 Å². The zero-order chi connectivity index (χ0) is 36.5. The quantitative estimate of drug-likeness (QED) is 0.136. The molecule has 52 heavy (non-hydrogen) atoms. The number of aromatic nitrogens is 4. The number of aryl methyl sites for hydroxylation is 1. The lowest BCUT2D eigenvalue weighted by molar-refractivity contribution is -0.136. The summed E-state index contributed by atoms with van der Waals surface area (Å²) in [7, 11) is 0. The highest BCUT2D eigenvalue weighted by atomic mass is 19.1. The Labute approximate surface area is 296 Å². The van der Waals surface area contributed by atoms with Crippen molar-refractivity contribution in [2.24, 2.45) is 0 Å². The summed E-state index contributed by atoms with van der Waals surface area (Å²) < 4.78 is 22.4. The molecule has 3 atom stereocenters. The Morgan fingerprint density at radius 2 is 1.94 bits per heavy atom. The maximum atomic E-state index is 15.2. The highest BCUT2D eigenvalue weighted by Crippen LogP contribution is 2.31. The molecule has 1 aliphatic carbocycles. The molecule has 3 unspecified atom stereocenters. The molecule has 1 saturated heterocycles. The van der Waals surface area contributed by atoms with Gasteiger partial charge in [-0.25, -0.2) is 14.4 Å². The van der Waals surface area contributed by atoms with Crippen molar-refractivity contribution in [2.75, 3.05) is 18.5 Å². The first-order valence-corrected chi connectivity index (χ1v) is 17.0. The summed E-state index contributed by atoms with van der Waals surface area (Å²) in [5, 5.41) is 22.4. The van der Waals surface area contributed by atoms with Crippen LogP contribution in [0.1, 0.15) is 81.2 Å². The SMILES string of the molecule is CC(OCCCc1cccc2c1C(=O)N(C1CCC(=O)NC1=O)C2=O)C(F)CNC(=O)c1cnc(-n2ncc3cc(C#N)cnc32)cc1NC1CC1. The third kappa shape index (κ3) is 6.82. The van der Waals surface area contributed by atoms with Crippen LogP contribution in [0, 0.1) is 11.3 Å². The van der Waals surface area contributed by atoms with E-state index >= 15 is 4.39 Å². The number of nitrogens with zero attached hydrogens (tertiary/aromatic N) is 6. The van der Waals surface area contributed by atoms with E-state index in [4.69, 9.17) is 4.74 Å². The van der Waals surface area contributed by atoms with E-state index in [-0.39, 0.29) is 48.7 Å². The van der Waals surface area contributed by atoms with Crippen LogP contribution in [0.4, 0.5) is 10.1 Å². The molecule has 2 aliphatic heterocycles. The van der Waals surface area contributed by atoms with Crippen LogP contribution in [-0.2, 0) is 20.7 Å². The Morgan fingerprint density at radius 1 is 1.12 bits per heavy atom. The Kier molecular flexibility index (Phi) is 9.43. The Bertz CT molecular complexity index is 2160. The van der Waals surface area contributed by atoms with Crippen LogP contribution in [0.25, 0.3) is 16.9 Å². The maximum Gasteiger partial charge on any atom is 0.262 e. The third-order valence-electron chi connectivity index (χ3n) is 9.32. The molecule has 3 N–H and O–H groups in total. The van der Waals surface area contributed by atoms with Crippen LogP contribution in [0.15, 0.2) is 48.9 Å². The zero-order valence-electron chi connectivity index (χ0n) is 28.1. The number of fused-ring (bicyclic) bond motifs is 2. The van der Waals surface area contributed by atoms with Gasteiger partial charge in [0, 0.05) is 42.9 Å². The van der Waals surface area contributed by atoms with E-state index in [1.165, 1.54) is 23.1 Å². The largest absolute Gasteiger partial charge is 0.382 e. The van der Waals surface area contributed by atoms with E-state index in [1.807, 2.05) is 0 Å². The van der Waals surface area contributed by atoms with Crippen LogP contribution in [0.2, 0.25) is 0 Å². The van der Waals surface area contributed by atoms with E-state index in [2.05, 4.69) is 37.1 Å². The van der Waals surface area contributed by atoms with Crippen LogP contribution in [0.5, 0.6) is 0 Å². The summed E-state index contributed by atoms with van der Waals surface area (Å²) in [6, 6.07) is 9.49. The van der Waals surface area contributed by atoms with Gasteiger partial charge in [0.15, 0.2) is 11.5 Å². The van der Waals surface area contributed by atoms with Crippen LogP contribution in [-0.4, -0.2) is 91.7 Å². The average Bonchev–Trinajstić information content (AvgIpc) is 3.80. The van der Waals surface area contributed by atoms with Gasteiger partial charge in [-0.3, -0.25) is 34.2 Å². The van der Waals surface area contributed by atoms with Gasteiger partial charge in [0.2, 0.25) is 11.8 Å². The van der Waals surface area contributed by atoms with E-state index in [9.17, 15) is 29.2 Å². The lowest BCUT2D eigenvalue weighted by atomic mass is 9.99. The van der Waals surface area contributed by atoms with E-state index in [1.54, 1.807) is 37.4 Å². The maximum absolute atomic E-state index is 15.2. The second-order valence-corrected chi connectivity index (χ2v) is 13.0. The van der Waals surface area contributed by atoms with Crippen molar-refractivity contribution in [2.45, 2.75) is 69.8 Å². The second-order valence-electron chi connectivity index (χ2n) is 13.0. The molecule has 5 heterocycles. The van der Waals surface area contributed by atoms with Gasteiger partial charge >= 0.3 is 0 Å². The minimum Gasteiger partial charge on any atom is -0.382 e. The van der Waals surface area contributed by atoms with Crippen molar-refractivity contribution in [3.8, 4) is 11.9 Å². The summed E-state index contributed by atoms with van der Waals surface area (Å²) >= 11 is 0. The number of hydrogen-bond donors (Lipinski definition) is 3. The van der Waals surface area contributed by atoms with Gasteiger partial charge in [0.1, 0.15) is 18.3 Å². The number of carbonyl (C=O) groups excluding carboxylic acids is 5. The zero-order valence-corrected chi connectivity index (χ0v) is 28.1. The fourth-order valence-corrected chi connectivity index (χ4v) is 6.34. The van der Waals surface area contributed by atoms with Crippen molar-refractivity contribution >= 4 is 46.3 Å². The number of amides is 5. The molecule has 0 radical (unpaired) electrons. The number of rotatable bonds is 13. The van der Waals surface area contributed by atoms with Crippen molar-refractivity contribution in [1.82, 2.24) is 35.3 Å². The molecule has 1 saturated carbocycles. The number of nitrogens with one attached hydrogen (secondary N) is 3. The monoisotopic (exact) mass is 707 g/mol. The molecule has 3 aliphatic rings. The predicted molar refractivity (Wildman–Crippen MR) is 182 cm³/mol. The Balaban J connectivity index is 0.929. The fourth-order valence-electron chi connectivity index (χ4n) is 6.34. The topological polar surface area (TPSA) is 201 Å². The van der Waals surface area contributed by atoms with Crippen molar-refractivity contribution < 1.29 is 33.1 Å². The Morgan fingerprint density at radius 3 is 2.71 bits per heavy atom. The summed E-state index contributed by atoms with van der Waals surface area (Å²) in [6.45, 7) is 1.40. The minimum atomic E-state index is -1.53. The van der Waals surface area contributed by atoms with Gasteiger partial charge in [-0.2, -0.15) is 15.0 Å². The first-order chi connectivity index (χ1) is 25.1. The standard InChI is InChI=1S/C36H34FN9O6/c1-19(52-11-3-5-21-4-2-6-24-31(21)36(51)45(35(24)50)28-9-10-30(47)44-34(28)49)26(37)18-41-33(48)25-17-39-29(13-27(25)43-23-7-8-23)46-32-22(16-42-46)12-20(14-38)15-40-32/h2,4,6,12-13,15-17,19,23,26,28H,3,5,7-11,18H2,1H3,(H,39,43)(H,41,48)(H,44,47,49). The number of halogens is 1. The molecule has 2 fully saturated rings. The molecule has 0 bridgehead atoms. The highest BCUT2D eigenvalue weighted by Gasteiger charge is 2.45. The number of carbonyl (C=O) groups is 5. The summed E-state index contributed by atoms with van der Waals surface area (Å²) in [5.41, 5.74) is 2.69. The van der Waals surface area contributed by atoms with Gasteiger partial charge in [0.05, 0.1) is 46.8 Å². The molecular weight excluding hydrogens is 673 g/mol. The van der Waals surface area contributed by atoms with Crippen molar-refractivity contribution in [1.29, 1.82) is 5.26 Å². The van der Waals surface area contributed by atoms with Crippen molar-refractivity contribution in [3.05, 3.63) is 76.7 Å². The first-order valence-electron chi connectivity index (χ1n) is 17.0. The van der Waals surface area contributed by atoms with E-state index in [0.29, 0.717) is 46.5 Å². The van der Waals surface area contributed by atoms with E-state index < -0.39 is 47.9 Å². The molecule has 266 valence electrons. The predicted octanol–water partition coefficient (Wildman–Crippen LogP) is 2.77. The average molecular weight is 708 g/mol. The van der Waals surface area contributed by atoms with E-state index in [0.717, 1.165) is 17.7 Å². The first kappa shape index (κ1) is 34.4. The molecule has 7 rings (SSSR count). The number of piperidine rings is 1. The Hall–Kier alpha value is -6.08. The molecule has 16 heteroatoms. The molecule has 1 aromatic carbocycles. The second kappa shape index (κ2) is 14.3. The molecule has 15 nitrogen and oxygen atoms in total. The number of anilines is 1. The van der Waals surface area contributed by atoms with Crippen LogP contribution in [0.3, 0.4) is 0 Å². The number of pyridine rings is 2. The molecular formula is C36H34FN9O6. The number of benzene rings is 1. The van der Waals surface area contributed by atoms with Crippen LogP contribution >= 0.6 is 0 Å². The molecule has 0 spiro atoms. The number of hydrogen-bond acceptors (Lipinski definition) is 11. The lowest BCUT2D eigenvalue weighted by Crippen LogP contribution is -2.54. The minimum absolute atomic E-state index is 0.0317. The molecule has 3 aromatic heterocycles. The molecule has 4 aromatic rings. The van der Waals surface area contributed by atoms with Gasteiger partial charge in [-0.1, -0.05) is 12.1 Å². The van der Waals surface area contributed by atoms with Gasteiger partial charge < -0.3 is 15.4 Å². The molecule has 5 amide bonds. The number of imide groups is 2. The summed E-state index contributed by atoms with van der Waals surface area (Å²) in [5.74, 6) is -2.37. The highest BCUT2D eigenvalue weighted by molar-refractivity contribution is 6.24. The summed E-state index contributed by atoms with van der Waals surface area (Å²) in [4.78, 5) is 73.3. The third-order valence-corrected chi connectivity index (χ3v) is 9.32. The number of ether oxygens (including phenoxy) is 1. The fraction of sp³-hybridized carbons (Fsp3) is 0.361.